The molecule has 1 unspecified atom stereocenters. The SMILES string of the molecule is CCC(C(=O)Nc1c(C#N)cnn1C)n1c(N)nnc1SC. The molecule has 2 aromatic heterocycles. The van der Waals surface area contributed by atoms with Crippen LogP contribution in [0.5, 0.6) is 0 Å². The lowest BCUT2D eigenvalue weighted by molar-refractivity contribution is -0.119. The van der Waals surface area contributed by atoms with Gasteiger partial charge in [-0.2, -0.15) is 10.4 Å². The van der Waals surface area contributed by atoms with Gasteiger partial charge >= 0.3 is 0 Å². The number of carbonyl (C=O) groups excluding carboxylic acids is 1. The van der Waals surface area contributed by atoms with Gasteiger partial charge in [0.15, 0.2) is 5.16 Å². The molecule has 0 bridgehead atoms. The lowest BCUT2D eigenvalue weighted by Gasteiger charge is -2.18. The van der Waals surface area contributed by atoms with E-state index in [2.05, 4.69) is 20.6 Å². The van der Waals surface area contributed by atoms with Gasteiger partial charge in [-0.25, -0.2) is 0 Å². The molecular formula is C12H16N8OS. The first-order valence-electron chi connectivity index (χ1n) is 6.50. The summed E-state index contributed by atoms with van der Waals surface area (Å²) in [5, 5.41) is 24.0. The van der Waals surface area contributed by atoms with E-state index in [-0.39, 0.29) is 11.9 Å². The number of hydrogen-bond acceptors (Lipinski definition) is 7. The molecule has 0 aliphatic heterocycles. The lowest BCUT2D eigenvalue weighted by Crippen LogP contribution is -2.28. The van der Waals surface area contributed by atoms with Gasteiger partial charge in [0, 0.05) is 7.05 Å². The fraction of sp³-hybridized carbons (Fsp3) is 0.417. The van der Waals surface area contributed by atoms with Crippen LogP contribution < -0.4 is 11.1 Å². The van der Waals surface area contributed by atoms with Crippen LogP contribution in [0.25, 0.3) is 0 Å². The predicted octanol–water partition coefficient (Wildman–Crippen LogP) is 0.777. The van der Waals surface area contributed by atoms with Crippen molar-refractivity contribution in [2.24, 2.45) is 7.05 Å². The van der Waals surface area contributed by atoms with Crippen LogP contribution in [0.15, 0.2) is 11.4 Å². The van der Waals surface area contributed by atoms with Crippen molar-refractivity contribution in [2.45, 2.75) is 24.5 Å². The van der Waals surface area contributed by atoms with E-state index < -0.39 is 6.04 Å². The van der Waals surface area contributed by atoms with Gasteiger partial charge in [-0.3, -0.25) is 14.0 Å². The minimum atomic E-state index is -0.570. The van der Waals surface area contributed by atoms with Gasteiger partial charge in [0.2, 0.25) is 11.9 Å². The average molecular weight is 320 g/mol. The fourth-order valence-electron chi connectivity index (χ4n) is 2.07. The first-order chi connectivity index (χ1) is 10.5. The van der Waals surface area contributed by atoms with Crippen LogP contribution in [-0.2, 0) is 11.8 Å². The van der Waals surface area contributed by atoms with Gasteiger partial charge in [0.25, 0.3) is 0 Å². The van der Waals surface area contributed by atoms with Gasteiger partial charge in [0.05, 0.1) is 6.20 Å². The highest BCUT2D eigenvalue weighted by molar-refractivity contribution is 7.98. The molecule has 0 fully saturated rings. The minimum absolute atomic E-state index is 0.178. The number of amides is 1. The zero-order chi connectivity index (χ0) is 16.3. The van der Waals surface area contributed by atoms with Crippen molar-refractivity contribution in [3.8, 4) is 6.07 Å². The number of carbonyl (C=O) groups is 1. The number of anilines is 2. The number of nitrogens with zero attached hydrogens (tertiary/aromatic N) is 6. The Kier molecular flexibility index (Phi) is 4.67. The Hall–Kier alpha value is -2.54. The third-order valence-corrected chi connectivity index (χ3v) is 3.82. The molecule has 0 saturated carbocycles. The van der Waals surface area contributed by atoms with Crippen LogP contribution in [0.2, 0.25) is 0 Å². The van der Waals surface area contributed by atoms with Crippen LogP contribution in [-0.4, -0.2) is 36.7 Å². The van der Waals surface area contributed by atoms with Crippen molar-refractivity contribution in [3.63, 3.8) is 0 Å². The minimum Gasteiger partial charge on any atom is -0.368 e. The van der Waals surface area contributed by atoms with E-state index in [1.807, 2.05) is 19.2 Å². The number of rotatable bonds is 5. The van der Waals surface area contributed by atoms with Gasteiger partial charge < -0.3 is 11.1 Å². The van der Waals surface area contributed by atoms with Gasteiger partial charge in [-0.15, -0.1) is 10.2 Å². The Balaban J connectivity index is 2.32. The van der Waals surface area contributed by atoms with E-state index in [0.717, 1.165) is 0 Å². The lowest BCUT2D eigenvalue weighted by atomic mass is 10.2. The molecule has 9 nitrogen and oxygen atoms in total. The molecule has 2 heterocycles. The number of aromatic nitrogens is 5. The summed E-state index contributed by atoms with van der Waals surface area (Å²) in [5.41, 5.74) is 6.12. The second-order valence-electron chi connectivity index (χ2n) is 4.47. The highest BCUT2D eigenvalue weighted by atomic mass is 32.2. The topological polar surface area (TPSA) is 127 Å². The Morgan fingerprint density at radius 2 is 2.32 bits per heavy atom. The van der Waals surface area contributed by atoms with E-state index in [1.54, 1.807) is 11.6 Å². The van der Waals surface area contributed by atoms with Crippen molar-refractivity contribution < 1.29 is 4.79 Å². The maximum Gasteiger partial charge on any atom is 0.248 e. The average Bonchev–Trinajstić information content (AvgIpc) is 3.04. The molecular weight excluding hydrogens is 304 g/mol. The molecule has 0 aromatic carbocycles. The summed E-state index contributed by atoms with van der Waals surface area (Å²) in [6.45, 7) is 1.86. The Morgan fingerprint density at radius 1 is 1.59 bits per heavy atom. The predicted molar refractivity (Wildman–Crippen MR) is 82.1 cm³/mol. The number of thioether (sulfide) groups is 1. The monoisotopic (exact) mass is 320 g/mol. The van der Waals surface area contributed by atoms with Crippen molar-refractivity contribution >= 4 is 29.4 Å². The molecule has 3 N–H and O–H groups in total. The summed E-state index contributed by atoms with van der Waals surface area (Å²) < 4.78 is 3.02. The summed E-state index contributed by atoms with van der Waals surface area (Å²) in [4.78, 5) is 12.6. The van der Waals surface area contributed by atoms with Crippen molar-refractivity contribution in [1.29, 1.82) is 5.26 Å². The first-order valence-corrected chi connectivity index (χ1v) is 7.73. The van der Waals surface area contributed by atoms with Crippen LogP contribution in [0.3, 0.4) is 0 Å². The van der Waals surface area contributed by atoms with E-state index in [1.165, 1.54) is 22.6 Å². The molecule has 2 rings (SSSR count). The van der Waals surface area contributed by atoms with Crippen LogP contribution >= 0.6 is 11.8 Å². The maximum absolute atomic E-state index is 12.6. The summed E-state index contributed by atoms with van der Waals surface area (Å²) in [7, 11) is 1.65. The van der Waals surface area contributed by atoms with Gasteiger partial charge in [-0.1, -0.05) is 18.7 Å². The molecule has 0 spiro atoms. The van der Waals surface area contributed by atoms with Crippen molar-refractivity contribution in [2.75, 3.05) is 17.3 Å². The van der Waals surface area contributed by atoms with E-state index in [4.69, 9.17) is 11.0 Å². The third kappa shape index (κ3) is 2.75. The zero-order valence-corrected chi connectivity index (χ0v) is 13.3. The second kappa shape index (κ2) is 6.48. The number of nitrogens with two attached hydrogens (primary N) is 1. The summed E-state index contributed by atoms with van der Waals surface area (Å²) in [6.07, 6.45) is 3.73. The first kappa shape index (κ1) is 15.8. The van der Waals surface area contributed by atoms with E-state index in [9.17, 15) is 4.79 Å². The summed E-state index contributed by atoms with van der Waals surface area (Å²) in [5.74, 6) is 0.226. The number of hydrogen-bond donors (Lipinski definition) is 2. The molecule has 10 heteroatoms. The Morgan fingerprint density at radius 3 is 2.91 bits per heavy atom. The fourth-order valence-corrected chi connectivity index (χ4v) is 2.61. The molecule has 116 valence electrons. The Bertz CT molecular complexity index is 728. The molecule has 0 radical (unpaired) electrons. The second-order valence-corrected chi connectivity index (χ2v) is 5.24. The van der Waals surface area contributed by atoms with Crippen LogP contribution in [0, 0.1) is 11.3 Å². The molecule has 0 aliphatic carbocycles. The standard InChI is InChI=1S/C12H16N8OS/c1-4-8(20-11(14)17-18-12(20)22-3)10(21)16-9-7(5-13)6-15-19(9)2/h6,8H,4H2,1-3H3,(H2,14,17)(H,16,21). The van der Waals surface area contributed by atoms with E-state index >= 15 is 0 Å². The molecule has 0 saturated heterocycles. The van der Waals surface area contributed by atoms with Crippen molar-refractivity contribution in [1.82, 2.24) is 24.5 Å². The largest absolute Gasteiger partial charge is 0.368 e. The van der Waals surface area contributed by atoms with Crippen LogP contribution in [0.4, 0.5) is 11.8 Å². The molecule has 2 aromatic rings. The maximum atomic E-state index is 12.6. The summed E-state index contributed by atoms with van der Waals surface area (Å²) >= 11 is 1.36. The van der Waals surface area contributed by atoms with E-state index in [0.29, 0.717) is 23.0 Å². The highest BCUT2D eigenvalue weighted by Crippen LogP contribution is 2.25. The molecule has 22 heavy (non-hydrogen) atoms. The van der Waals surface area contributed by atoms with Gasteiger partial charge in [-0.05, 0) is 12.7 Å². The Labute approximate surface area is 131 Å². The smallest absolute Gasteiger partial charge is 0.248 e. The normalized spacial score (nSPS) is 11.9. The quantitative estimate of drug-likeness (QED) is 0.779. The number of nitrogens with one attached hydrogen (secondary N) is 1. The van der Waals surface area contributed by atoms with Crippen LogP contribution in [0.1, 0.15) is 24.9 Å². The number of nitriles is 1. The summed E-state index contributed by atoms with van der Waals surface area (Å²) in [6, 6.07) is 1.42. The number of aryl methyl sites for hydroxylation is 1. The van der Waals surface area contributed by atoms with Crippen molar-refractivity contribution in [3.05, 3.63) is 11.8 Å². The zero-order valence-electron chi connectivity index (χ0n) is 12.4. The molecule has 0 aliphatic rings. The van der Waals surface area contributed by atoms with Gasteiger partial charge in [0.1, 0.15) is 23.5 Å². The highest BCUT2D eigenvalue weighted by Gasteiger charge is 2.25. The third-order valence-electron chi connectivity index (χ3n) is 3.18. The number of nitrogen functional groups attached to an aromatic ring is 1. The molecule has 1 amide bonds. The molecule has 1 atom stereocenters.